The van der Waals surface area contributed by atoms with Gasteiger partial charge in [0.25, 0.3) is 5.91 Å². The number of hydrogen-bond donors (Lipinski definition) is 3. The van der Waals surface area contributed by atoms with E-state index in [1.54, 1.807) is 6.07 Å². The van der Waals surface area contributed by atoms with Gasteiger partial charge in [-0.25, -0.2) is 4.98 Å². The highest BCUT2D eigenvalue weighted by molar-refractivity contribution is 5.98. The Morgan fingerprint density at radius 1 is 1.19 bits per heavy atom. The van der Waals surface area contributed by atoms with Crippen LogP contribution in [0.2, 0.25) is 0 Å². The number of pyridine rings is 1. The molecule has 102 valence electrons. The summed E-state index contributed by atoms with van der Waals surface area (Å²) in [7, 11) is 0. The number of primary amides is 1. The van der Waals surface area contributed by atoms with Crippen LogP contribution in [0.25, 0.3) is 0 Å². The van der Waals surface area contributed by atoms with E-state index in [2.05, 4.69) is 10.3 Å². The first-order valence-electron chi connectivity index (χ1n) is 5.81. The number of nitrogens with two attached hydrogens (primary N) is 2. The first-order chi connectivity index (χ1) is 10.0. The van der Waals surface area contributed by atoms with Crippen LogP contribution in [0.3, 0.4) is 0 Å². The Bertz CT molecular complexity index is 800. The number of amides is 1. The molecule has 1 amide bonds. The van der Waals surface area contributed by atoms with E-state index in [1.807, 2.05) is 12.1 Å². The zero-order valence-electron chi connectivity index (χ0n) is 10.8. The minimum atomic E-state index is -0.657. The molecule has 5 N–H and O–H groups in total. The first-order valence-corrected chi connectivity index (χ1v) is 5.81. The molecule has 0 bridgehead atoms. The van der Waals surface area contributed by atoms with Crippen LogP contribution in [0.4, 0.5) is 17.2 Å². The number of benzene rings is 1. The van der Waals surface area contributed by atoms with E-state index in [0.29, 0.717) is 11.5 Å². The Morgan fingerprint density at radius 3 is 2.52 bits per heavy atom. The summed E-state index contributed by atoms with van der Waals surface area (Å²) in [6, 6.07) is 9.94. The predicted molar refractivity (Wildman–Crippen MR) is 76.3 cm³/mol. The fraction of sp³-hybridized carbons (Fsp3) is 0. The van der Waals surface area contributed by atoms with Gasteiger partial charge in [-0.1, -0.05) is 0 Å². The highest BCUT2D eigenvalue weighted by Crippen LogP contribution is 2.21. The van der Waals surface area contributed by atoms with Crippen molar-refractivity contribution in [3.8, 4) is 12.1 Å². The number of carbonyl (C=O) groups excluding carboxylic acids is 1. The van der Waals surface area contributed by atoms with Crippen molar-refractivity contribution in [1.29, 1.82) is 10.5 Å². The molecule has 1 heterocycles. The third kappa shape index (κ3) is 2.88. The quantitative estimate of drug-likeness (QED) is 0.771. The number of nitrogen functional groups attached to an aromatic ring is 1. The normalized spacial score (nSPS) is 9.43. The topological polar surface area (TPSA) is 142 Å². The molecular weight excluding hydrogens is 268 g/mol. The molecule has 21 heavy (non-hydrogen) atoms. The van der Waals surface area contributed by atoms with Crippen molar-refractivity contribution in [2.75, 3.05) is 11.1 Å². The van der Waals surface area contributed by atoms with Crippen LogP contribution >= 0.6 is 0 Å². The monoisotopic (exact) mass is 278 g/mol. The van der Waals surface area contributed by atoms with Gasteiger partial charge in [0, 0.05) is 5.69 Å². The van der Waals surface area contributed by atoms with Crippen molar-refractivity contribution < 1.29 is 4.79 Å². The van der Waals surface area contributed by atoms with E-state index in [1.165, 1.54) is 24.4 Å². The van der Waals surface area contributed by atoms with Gasteiger partial charge >= 0.3 is 0 Å². The molecule has 7 heteroatoms. The summed E-state index contributed by atoms with van der Waals surface area (Å²) in [5, 5.41) is 20.7. The largest absolute Gasteiger partial charge is 0.397 e. The van der Waals surface area contributed by atoms with Gasteiger partial charge in [-0.3, -0.25) is 4.79 Å². The van der Waals surface area contributed by atoms with Gasteiger partial charge in [-0.15, -0.1) is 0 Å². The fourth-order valence-electron chi connectivity index (χ4n) is 1.71. The van der Waals surface area contributed by atoms with E-state index in [4.69, 9.17) is 22.0 Å². The Labute approximate surface area is 120 Å². The maximum absolute atomic E-state index is 11.2. The summed E-state index contributed by atoms with van der Waals surface area (Å²) in [5.74, 6) is -0.304. The van der Waals surface area contributed by atoms with Crippen LogP contribution in [0.1, 0.15) is 21.5 Å². The maximum atomic E-state index is 11.2. The standard InChI is InChI=1S/C14H10N6O/c15-5-8-1-2-10(3-9(8)6-16)20-13-4-11(14(18)21)12(17)7-19-13/h1-4,7H,17H2,(H2,18,21)(H,19,20). The van der Waals surface area contributed by atoms with Crippen molar-refractivity contribution >= 4 is 23.1 Å². The second kappa shape index (κ2) is 5.59. The van der Waals surface area contributed by atoms with Crippen molar-refractivity contribution in [3.63, 3.8) is 0 Å². The Kier molecular flexibility index (Phi) is 3.69. The van der Waals surface area contributed by atoms with E-state index in [-0.39, 0.29) is 22.4 Å². The number of nitriles is 2. The Balaban J connectivity index is 2.35. The van der Waals surface area contributed by atoms with E-state index >= 15 is 0 Å². The van der Waals surface area contributed by atoms with Crippen LogP contribution in [-0.2, 0) is 0 Å². The molecule has 1 aromatic carbocycles. The van der Waals surface area contributed by atoms with Crippen LogP contribution in [-0.4, -0.2) is 10.9 Å². The summed E-state index contributed by atoms with van der Waals surface area (Å²) in [6.45, 7) is 0. The summed E-state index contributed by atoms with van der Waals surface area (Å²) < 4.78 is 0. The minimum absolute atomic E-state index is 0.154. The molecule has 0 atom stereocenters. The lowest BCUT2D eigenvalue weighted by molar-refractivity contribution is 0.100. The summed E-state index contributed by atoms with van der Waals surface area (Å²) in [5.41, 5.74) is 12.2. The van der Waals surface area contributed by atoms with Gasteiger partial charge in [-0.2, -0.15) is 10.5 Å². The van der Waals surface area contributed by atoms with Crippen molar-refractivity contribution in [2.45, 2.75) is 0 Å². The number of rotatable bonds is 3. The molecule has 0 spiro atoms. The van der Waals surface area contributed by atoms with E-state index in [9.17, 15) is 4.79 Å². The molecule has 0 aliphatic heterocycles. The van der Waals surface area contributed by atoms with Crippen LogP contribution in [0, 0.1) is 22.7 Å². The third-order valence-corrected chi connectivity index (χ3v) is 2.73. The average molecular weight is 278 g/mol. The third-order valence-electron chi connectivity index (χ3n) is 2.73. The van der Waals surface area contributed by atoms with Gasteiger partial charge in [0.1, 0.15) is 18.0 Å². The molecule has 0 fully saturated rings. The molecule has 0 aliphatic carbocycles. The number of nitrogens with zero attached hydrogens (tertiary/aromatic N) is 3. The molecule has 2 aromatic rings. The van der Waals surface area contributed by atoms with Crippen molar-refractivity contribution in [1.82, 2.24) is 4.98 Å². The second-order valence-corrected chi connectivity index (χ2v) is 4.13. The molecular formula is C14H10N6O. The van der Waals surface area contributed by atoms with Gasteiger partial charge in [0.2, 0.25) is 0 Å². The molecule has 0 radical (unpaired) electrons. The van der Waals surface area contributed by atoms with Gasteiger partial charge in [0.05, 0.1) is 28.6 Å². The summed E-state index contributed by atoms with van der Waals surface area (Å²) >= 11 is 0. The lowest BCUT2D eigenvalue weighted by atomic mass is 10.1. The van der Waals surface area contributed by atoms with Crippen molar-refractivity contribution in [2.24, 2.45) is 5.73 Å². The molecule has 0 aliphatic rings. The molecule has 0 saturated heterocycles. The fourth-order valence-corrected chi connectivity index (χ4v) is 1.71. The van der Waals surface area contributed by atoms with Gasteiger partial charge in [-0.05, 0) is 24.3 Å². The molecule has 2 rings (SSSR count). The zero-order chi connectivity index (χ0) is 15.4. The smallest absolute Gasteiger partial charge is 0.250 e. The summed E-state index contributed by atoms with van der Waals surface area (Å²) in [6.07, 6.45) is 1.32. The van der Waals surface area contributed by atoms with Gasteiger partial charge < -0.3 is 16.8 Å². The molecule has 0 saturated carbocycles. The number of nitrogens with one attached hydrogen (secondary N) is 1. The number of anilines is 3. The highest BCUT2D eigenvalue weighted by atomic mass is 16.1. The van der Waals surface area contributed by atoms with Crippen LogP contribution < -0.4 is 16.8 Å². The minimum Gasteiger partial charge on any atom is -0.397 e. The predicted octanol–water partition coefficient (Wildman–Crippen LogP) is 1.25. The molecule has 0 unspecified atom stereocenters. The zero-order valence-corrected chi connectivity index (χ0v) is 10.8. The number of aromatic nitrogens is 1. The lowest BCUT2D eigenvalue weighted by Gasteiger charge is -2.08. The first kappa shape index (κ1) is 13.8. The van der Waals surface area contributed by atoms with E-state index < -0.39 is 5.91 Å². The van der Waals surface area contributed by atoms with Crippen LogP contribution in [0.5, 0.6) is 0 Å². The number of hydrogen-bond acceptors (Lipinski definition) is 6. The van der Waals surface area contributed by atoms with Crippen molar-refractivity contribution in [3.05, 3.63) is 47.2 Å². The SMILES string of the molecule is N#Cc1ccc(Nc2cc(C(N)=O)c(N)cn2)cc1C#N. The Morgan fingerprint density at radius 2 is 1.90 bits per heavy atom. The van der Waals surface area contributed by atoms with Crippen LogP contribution in [0.15, 0.2) is 30.5 Å². The highest BCUT2D eigenvalue weighted by Gasteiger charge is 2.09. The average Bonchev–Trinajstić information content (AvgIpc) is 2.48. The van der Waals surface area contributed by atoms with E-state index in [0.717, 1.165) is 0 Å². The number of carbonyl (C=O) groups is 1. The molecule has 7 nitrogen and oxygen atoms in total. The summed E-state index contributed by atoms with van der Waals surface area (Å²) in [4.78, 5) is 15.2. The maximum Gasteiger partial charge on any atom is 0.250 e. The molecule has 1 aromatic heterocycles. The Hall–Kier alpha value is -3.58. The van der Waals surface area contributed by atoms with Gasteiger partial charge in [0.15, 0.2) is 0 Å². The second-order valence-electron chi connectivity index (χ2n) is 4.13. The lowest BCUT2D eigenvalue weighted by Crippen LogP contribution is -2.14.